The minimum absolute atomic E-state index is 0. The number of piperidine rings is 1. The number of nitrogens with one attached hydrogen (secondary N) is 1. The van der Waals surface area contributed by atoms with E-state index in [9.17, 15) is 0 Å². The van der Waals surface area contributed by atoms with Crippen LogP contribution in [0.2, 0.25) is 0 Å². The predicted molar refractivity (Wildman–Crippen MR) is 114 cm³/mol. The fourth-order valence-corrected chi connectivity index (χ4v) is 3.66. The smallest absolute Gasteiger partial charge is 0.198 e. The van der Waals surface area contributed by atoms with Gasteiger partial charge in [-0.15, -0.1) is 24.0 Å². The van der Waals surface area contributed by atoms with E-state index in [1.807, 2.05) is 0 Å². The molecule has 2 aliphatic heterocycles. The van der Waals surface area contributed by atoms with Crippen LogP contribution in [0.15, 0.2) is 29.3 Å². The highest BCUT2D eigenvalue weighted by Gasteiger charge is 2.22. The van der Waals surface area contributed by atoms with Crippen molar-refractivity contribution in [3.05, 3.63) is 29.8 Å². The van der Waals surface area contributed by atoms with Crippen LogP contribution in [0.3, 0.4) is 0 Å². The molecule has 0 radical (unpaired) electrons. The normalized spacial score (nSPS) is 19.1. The third-order valence-corrected chi connectivity index (χ3v) is 5.11. The van der Waals surface area contributed by atoms with Crippen molar-refractivity contribution in [2.45, 2.75) is 32.6 Å². The summed E-state index contributed by atoms with van der Waals surface area (Å²) in [6.45, 7) is 7.54. The SMILES string of the molecule is CCNC(=NCCC1CCN(C)CC1)N1CCc2ccccc21.I. The van der Waals surface area contributed by atoms with Crippen molar-refractivity contribution in [3.8, 4) is 0 Å². The van der Waals surface area contributed by atoms with Gasteiger partial charge in [-0.1, -0.05) is 18.2 Å². The lowest BCUT2D eigenvalue weighted by atomic mass is 9.94. The first kappa shape index (κ1) is 19.5. The predicted octanol–water partition coefficient (Wildman–Crippen LogP) is 3.36. The van der Waals surface area contributed by atoms with E-state index in [-0.39, 0.29) is 24.0 Å². The van der Waals surface area contributed by atoms with Crippen LogP contribution in [0.4, 0.5) is 5.69 Å². The summed E-state index contributed by atoms with van der Waals surface area (Å²) in [5.74, 6) is 1.91. The average molecular weight is 442 g/mol. The first-order valence-corrected chi connectivity index (χ1v) is 9.10. The molecule has 2 aliphatic rings. The van der Waals surface area contributed by atoms with Gasteiger partial charge in [0.25, 0.3) is 0 Å². The monoisotopic (exact) mass is 442 g/mol. The van der Waals surface area contributed by atoms with Gasteiger partial charge in [0, 0.05) is 25.3 Å². The van der Waals surface area contributed by atoms with E-state index >= 15 is 0 Å². The number of para-hydroxylation sites is 1. The maximum absolute atomic E-state index is 4.93. The van der Waals surface area contributed by atoms with Crippen molar-refractivity contribution in [3.63, 3.8) is 0 Å². The Labute approximate surface area is 163 Å². The summed E-state index contributed by atoms with van der Waals surface area (Å²) in [5, 5.41) is 3.48. The molecule has 3 rings (SSSR count). The number of fused-ring (bicyclic) bond motifs is 1. The molecule has 0 atom stereocenters. The molecule has 0 aliphatic carbocycles. The Bertz CT molecular complexity index is 538. The van der Waals surface area contributed by atoms with Crippen LogP contribution in [0, 0.1) is 5.92 Å². The molecule has 5 heteroatoms. The van der Waals surface area contributed by atoms with E-state index in [0.29, 0.717) is 0 Å². The zero-order valence-electron chi connectivity index (χ0n) is 15.0. The van der Waals surface area contributed by atoms with Gasteiger partial charge >= 0.3 is 0 Å². The van der Waals surface area contributed by atoms with E-state index in [1.165, 1.54) is 43.6 Å². The number of benzene rings is 1. The lowest BCUT2D eigenvalue weighted by molar-refractivity contribution is 0.214. The van der Waals surface area contributed by atoms with Crippen molar-refractivity contribution in [1.82, 2.24) is 10.2 Å². The Morgan fingerprint density at radius 2 is 1.96 bits per heavy atom. The number of guanidine groups is 1. The maximum atomic E-state index is 4.93. The van der Waals surface area contributed by atoms with Crippen LogP contribution in [0.5, 0.6) is 0 Å². The third kappa shape index (κ3) is 4.85. The van der Waals surface area contributed by atoms with Gasteiger partial charge in [-0.25, -0.2) is 0 Å². The zero-order valence-corrected chi connectivity index (χ0v) is 17.3. The molecule has 4 nitrogen and oxygen atoms in total. The molecule has 1 fully saturated rings. The van der Waals surface area contributed by atoms with Crippen LogP contribution >= 0.6 is 24.0 Å². The molecule has 0 amide bonds. The molecular weight excluding hydrogens is 411 g/mol. The second-order valence-corrected chi connectivity index (χ2v) is 6.80. The molecule has 2 heterocycles. The Kier molecular flexibility index (Phi) is 7.81. The van der Waals surface area contributed by atoms with Gasteiger partial charge in [0.2, 0.25) is 0 Å². The number of nitrogens with zero attached hydrogens (tertiary/aromatic N) is 3. The van der Waals surface area contributed by atoms with Gasteiger partial charge in [-0.2, -0.15) is 0 Å². The molecule has 0 unspecified atom stereocenters. The lowest BCUT2D eigenvalue weighted by Crippen LogP contribution is -2.40. The quantitative estimate of drug-likeness (QED) is 0.441. The number of hydrogen-bond acceptors (Lipinski definition) is 2. The van der Waals surface area contributed by atoms with Gasteiger partial charge in [-0.05, 0) is 70.3 Å². The van der Waals surface area contributed by atoms with E-state index in [0.717, 1.165) is 37.9 Å². The number of halogens is 1. The molecule has 1 N–H and O–H groups in total. The highest BCUT2D eigenvalue weighted by atomic mass is 127. The second-order valence-electron chi connectivity index (χ2n) is 6.80. The number of hydrogen-bond donors (Lipinski definition) is 1. The molecule has 134 valence electrons. The van der Waals surface area contributed by atoms with Gasteiger partial charge in [0.1, 0.15) is 0 Å². The average Bonchev–Trinajstić information content (AvgIpc) is 3.00. The van der Waals surface area contributed by atoms with Gasteiger partial charge in [0.05, 0.1) is 0 Å². The fourth-order valence-electron chi connectivity index (χ4n) is 3.66. The van der Waals surface area contributed by atoms with Crippen LogP contribution in [0.1, 0.15) is 31.7 Å². The number of likely N-dealkylation sites (tertiary alicyclic amines) is 1. The highest BCUT2D eigenvalue weighted by molar-refractivity contribution is 14.0. The van der Waals surface area contributed by atoms with Crippen molar-refractivity contribution >= 4 is 35.6 Å². The number of aliphatic imine (C=N–C) groups is 1. The molecule has 1 aromatic rings. The van der Waals surface area contributed by atoms with Crippen molar-refractivity contribution in [2.75, 3.05) is 44.7 Å². The third-order valence-electron chi connectivity index (χ3n) is 5.11. The van der Waals surface area contributed by atoms with Gasteiger partial charge in [-0.3, -0.25) is 4.99 Å². The summed E-state index contributed by atoms with van der Waals surface area (Å²) < 4.78 is 0. The van der Waals surface area contributed by atoms with Crippen LogP contribution < -0.4 is 10.2 Å². The van der Waals surface area contributed by atoms with Crippen molar-refractivity contribution in [1.29, 1.82) is 0 Å². The summed E-state index contributed by atoms with van der Waals surface area (Å²) in [7, 11) is 2.22. The Morgan fingerprint density at radius 3 is 2.71 bits per heavy atom. The molecule has 0 aromatic heterocycles. The largest absolute Gasteiger partial charge is 0.356 e. The maximum Gasteiger partial charge on any atom is 0.198 e. The summed E-state index contributed by atoms with van der Waals surface area (Å²) >= 11 is 0. The summed E-state index contributed by atoms with van der Waals surface area (Å²) in [6.07, 6.45) is 5.00. The molecule has 0 saturated carbocycles. The topological polar surface area (TPSA) is 30.9 Å². The van der Waals surface area contributed by atoms with E-state index in [1.54, 1.807) is 0 Å². The first-order chi connectivity index (χ1) is 11.3. The fraction of sp³-hybridized carbons (Fsp3) is 0.632. The summed E-state index contributed by atoms with van der Waals surface area (Å²) in [4.78, 5) is 9.72. The van der Waals surface area contributed by atoms with Crippen LogP contribution in [-0.4, -0.2) is 50.6 Å². The molecule has 0 spiro atoms. The molecule has 24 heavy (non-hydrogen) atoms. The van der Waals surface area contributed by atoms with Crippen molar-refractivity contribution < 1.29 is 0 Å². The van der Waals surface area contributed by atoms with Crippen LogP contribution in [-0.2, 0) is 6.42 Å². The first-order valence-electron chi connectivity index (χ1n) is 9.10. The number of anilines is 1. The summed E-state index contributed by atoms with van der Waals surface area (Å²) in [5.41, 5.74) is 2.76. The van der Waals surface area contributed by atoms with Gasteiger partial charge < -0.3 is 15.1 Å². The number of rotatable bonds is 4. The molecular formula is C19H31IN4. The standard InChI is InChI=1S/C19H30N4.HI/c1-3-20-19(21-12-8-16-9-13-22(2)14-10-16)23-15-11-17-6-4-5-7-18(17)23;/h4-7,16H,3,8-15H2,1-2H3,(H,20,21);1H. The lowest BCUT2D eigenvalue weighted by Gasteiger charge is -2.28. The summed E-state index contributed by atoms with van der Waals surface area (Å²) in [6, 6.07) is 8.70. The zero-order chi connectivity index (χ0) is 16.1. The minimum Gasteiger partial charge on any atom is -0.356 e. The van der Waals surface area contributed by atoms with E-state index in [4.69, 9.17) is 4.99 Å². The minimum atomic E-state index is 0. The van der Waals surface area contributed by atoms with Gasteiger partial charge in [0.15, 0.2) is 5.96 Å². The Hall–Kier alpha value is -0.820. The van der Waals surface area contributed by atoms with Crippen molar-refractivity contribution in [2.24, 2.45) is 10.9 Å². The molecule has 1 saturated heterocycles. The Balaban J connectivity index is 0.00000208. The molecule has 0 bridgehead atoms. The van der Waals surface area contributed by atoms with E-state index in [2.05, 4.69) is 53.4 Å². The molecule has 1 aromatic carbocycles. The second kappa shape index (κ2) is 9.61. The van der Waals surface area contributed by atoms with Crippen LogP contribution in [0.25, 0.3) is 0 Å². The highest BCUT2D eigenvalue weighted by Crippen LogP contribution is 2.27. The van der Waals surface area contributed by atoms with E-state index < -0.39 is 0 Å². The Morgan fingerprint density at radius 1 is 1.21 bits per heavy atom.